The second kappa shape index (κ2) is 7.65. The molecule has 116 valence electrons. The molecule has 1 N–H and O–H groups in total. The molecule has 22 heavy (non-hydrogen) atoms. The fourth-order valence-electron chi connectivity index (χ4n) is 2.14. The van der Waals surface area contributed by atoms with Gasteiger partial charge in [-0.3, -0.25) is 4.79 Å². The highest BCUT2D eigenvalue weighted by Gasteiger charge is 2.07. The van der Waals surface area contributed by atoms with Crippen LogP contribution in [0.25, 0.3) is 0 Å². The van der Waals surface area contributed by atoms with Crippen LogP contribution >= 0.6 is 23.4 Å². The summed E-state index contributed by atoms with van der Waals surface area (Å²) in [5.41, 5.74) is 3.55. The van der Waals surface area contributed by atoms with Crippen LogP contribution in [0.4, 0.5) is 10.1 Å². The first-order valence-corrected chi connectivity index (χ1v) is 8.37. The molecule has 0 fully saturated rings. The smallest absolute Gasteiger partial charge is 0.234 e. The van der Waals surface area contributed by atoms with Gasteiger partial charge in [-0.15, -0.1) is 11.8 Å². The van der Waals surface area contributed by atoms with E-state index < -0.39 is 0 Å². The zero-order valence-corrected chi connectivity index (χ0v) is 14.0. The van der Waals surface area contributed by atoms with Crippen molar-refractivity contribution in [3.63, 3.8) is 0 Å². The Morgan fingerprint density at radius 1 is 1.18 bits per heavy atom. The van der Waals surface area contributed by atoms with Gasteiger partial charge in [-0.25, -0.2) is 4.39 Å². The Bertz CT molecular complexity index is 670. The van der Waals surface area contributed by atoms with E-state index in [1.807, 2.05) is 32.0 Å². The van der Waals surface area contributed by atoms with E-state index in [1.165, 1.54) is 17.8 Å². The first kappa shape index (κ1) is 16.8. The van der Waals surface area contributed by atoms with E-state index >= 15 is 0 Å². The molecule has 0 saturated carbocycles. The van der Waals surface area contributed by atoms with Gasteiger partial charge in [-0.2, -0.15) is 0 Å². The lowest BCUT2D eigenvalue weighted by atomic mass is 10.1. The number of hydrogen-bond acceptors (Lipinski definition) is 2. The minimum absolute atomic E-state index is 0.0932. The number of carbonyl (C=O) groups is 1. The summed E-state index contributed by atoms with van der Waals surface area (Å²) in [6, 6.07) is 10.5. The number of anilines is 1. The summed E-state index contributed by atoms with van der Waals surface area (Å²) in [5.74, 6) is 0.275. The molecule has 0 heterocycles. The molecule has 0 spiro atoms. The molecule has 2 aromatic carbocycles. The maximum absolute atomic E-state index is 13.6. The fourth-order valence-corrected chi connectivity index (χ4v) is 3.11. The molecule has 2 rings (SSSR count). The van der Waals surface area contributed by atoms with Gasteiger partial charge in [0.1, 0.15) is 5.82 Å². The SMILES string of the molecule is Cc1cc(C)cc(NC(=O)CSCc2ccc(Cl)cc2F)c1. The highest BCUT2D eigenvalue weighted by atomic mass is 35.5. The van der Waals surface area contributed by atoms with E-state index in [2.05, 4.69) is 5.32 Å². The van der Waals surface area contributed by atoms with Crippen molar-refractivity contribution in [2.75, 3.05) is 11.1 Å². The molecule has 0 aliphatic heterocycles. The van der Waals surface area contributed by atoms with Crippen LogP contribution in [0.5, 0.6) is 0 Å². The average molecular weight is 338 g/mol. The Morgan fingerprint density at radius 2 is 1.86 bits per heavy atom. The lowest BCUT2D eigenvalue weighted by Crippen LogP contribution is -2.14. The third-order valence-electron chi connectivity index (χ3n) is 3.01. The van der Waals surface area contributed by atoms with Crippen molar-refractivity contribution in [3.05, 3.63) is 63.9 Å². The van der Waals surface area contributed by atoms with Crippen LogP contribution in [0.1, 0.15) is 16.7 Å². The second-order valence-electron chi connectivity index (χ2n) is 5.15. The standard InChI is InChI=1S/C17H17ClFNOS/c1-11-5-12(2)7-15(6-11)20-17(21)10-22-9-13-3-4-14(18)8-16(13)19/h3-8H,9-10H2,1-2H3,(H,20,21). The molecule has 1 amide bonds. The van der Waals surface area contributed by atoms with Crippen molar-refractivity contribution in [3.8, 4) is 0 Å². The lowest BCUT2D eigenvalue weighted by Gasteiger charge is -2.08. The van der Waals surface area contributed by atoms with Gasteiger partial charge in [0.25, 0.3) is 0 Å². The minimum Gasteiger partial charge on any atom is -0.325 e. The zero-order valence-electron chi connectivity index (χ0n) is 12.5. The number of nitrogens with one attached hydrogen (secondary N) is 1. The summed E-state index contributed by atoms with van der Waals surface area (Å²) >= 11 is 7.07. The maximum atomic E-state index is 13.6. The predicted molar refractivity (Wildman–Crippen MR) is 92.1 cm³/mol. The van der Waals surface area contributed by atoms with Crippen LogP contribution in [0, 0.1) is 19.7 Å². The van der Waals surface area contributed by atoms with Crippen molar-refractivity contribution in [1.82, 2.24) is 0 Å². The van der Waals surface area contributed by atoms with Crippen molar-refractivity contribution in [2.45, 2.75) is 19.6 Å². The number of amides is 1. The largest absolute Gasteiger partial charge is 0.325 e. The quantitative estimate of drug-likeness (QED) is 0.834. The first-order chi connectivity index (χ1) is 10.4. The molecule has 2 nitrogen and oxygen atoms in total. The molecule has 0 unspecified atom stereocenters. The summed E-state index contributed by atoms with van der Waals surface area (Å²) in [7, 11) is 0. The van der Waals surface area contributed by atoms with Gasteiger partial charge < -0.3 is 5.32 Å². The van der Waals surface area contributed by atoms with Crippen molar-refractivity contribution < 1.29 is 9.18 Å². The van der Waals surface area contributed by atoms with Crippen LogP contribution in [0.15, 0.2) is 36.4 Å². The topological polar surface area (TPSA) is 29.1 Å². The molecule has 0 aliphatic rings. The Hall–Kier alpha value is -1.52. The van der Waals surface area contributed by atoms with Gasteiger partial charge in [0.15, 0.2) is 0 Å². The van der Waals surface area contributed by atoms with E-state index in [4.69, 9.17) is 11.6 Å². The van der Waals surface area contributed by atoms with Gasteiger partial charge in [0.2, 0.25) is 5.91 Å². The number of carbonyl (C=O) groups excluding carboxylic acids is 1. The summed E-state index contributed by atoms with van der Waals surface area (Å²) in [5, 5.41) is 3.23. The molecule has 0 bridgehead atoms. The minimum atomic E-state index is -0.338. The maximum Gasteiger partial charge on any atom is 0.234 e. The van der Waals surface area contributed by atoms with E-state index in [9.17, 15) is 9.18 Å². The van der Waals surface area contributed by atoms with E-state index in [0.717, 1.165) is 16.8 Å². The van der Waals surface area contributed by atoms with Gasteiger partial charge in [-0.05, 0) is 54.8 Å². The molecule has 0 aromatic heterocycles. The van der Waals surface area contributed by atoms with Crippen LogP contribution < -0.4 is 5.32 Å². The summed E-state index contributed by atoms with van der Waals surface area (Å²) < 4.78 is 13.6. The monoisotopic (exact) mass is 337 g/mol. The van der Waals surface area contributed by atoms with E-state index in [1.54, 1.807) is 12.1 Å². The second-order valence-corrected chi connectivity index (χ2v) is 6.58. The third-order valence-corrected chi connectivity index (χ3v) is 4.23. The van der Waals surface area contributed by atoms with Gasteiger partial charge in [-0.1, -0.05) is 23.7 Å². The fraction of sp³-hybridized carbons (Fsp3) is 0.235. The summed E-state index contributed by atoms with van der Waals surface area (Å²) in [6.07, 6.45) is 0. The molecule has 5 heteroatoms. The highest BCUT2D eigenvalue weighted by molar-refractivity contribution is 7.99. The summed E-state index contributed by atoms with van der Waals surface area (Å²) in [4.78, 5) is 11.9. The van der Waals surface area contributed by atoms with Crippen LogP contribution in [-0.4, -0.2) is 11.7 Å². The van der Waals surface area contributed by atoms with Crippen molar-refractivity contribution in [2.24, 2.45) is 0 Å². The average Bonchev–Trinajstić information content (AvgIpc) is 2.40. The molecule has 0 atom stereocenters. The number of halogens is 2. The third kappa shape index (κ3) is 5.04. The van der Waals surface area contributed by atoms with E-state index in [-0.39, 0.29) is 17.5 Å². The van der Waals surface area contributed by atoms with Crippen LogP contribution in [0.2, 0.25) is 5.02 Å². The Labute approximate surface area is 139 Å². The number of hydrogen-bond donors (Lipinski definition) is 1. The van der Waals surface area contributed by atoms with Crippen LogP contribution in [-0.2, 0) is 10.5 Å². The normalized spacial score (nSPS) is 10.5. The Kier molecular flexibility index (Phi) is 5.86. The predicted octanol–water partition coefficient (Wildman–Crippen LogP) is 4.97. The number of rotatable bonds is 5. The molecule has 0 radical (unpaired) electrons. The Balaban J connectivity index is 1.85. The number of benzene rings is 2. The molecule has 0 saturated heterocycles. The zero-order chi connectivity index (χ0) is 16.1. The number of aryl methyl sites for hydroxylation is 2. The molecule has 0 aliphatic carbocycles. The lowest BCUT2D eigenvalue weighted by molar-refractivity contribution is -0.113. The van der Waals surface area contributed by atoms with Gasteiger partial charge >= 0.3 is 0 Å². The van der Waals surface area contributed by atoms with E-state index in [0.29, 0.717) is 16.3 Å². The van der Waals surface area contributed by atoms with Gasteiger partial charge in [0, 0.05) is 16.5 Å². The molecular weight excluding hydrogens is 321 g/mol. The molecular formula is C17H17ClFNOS. The first-order valence-electron chi connectivity index (χ1n) is 6.84. The van der Waals surface area contributed by atoms with Crippen LogP contribution in [0.3, 0.4) is 0 Å². The van der Waals surface area contributed by atoms with Crippen molar-refractivity contribution >= 4 is 35.0 Å². The molecule has 2 aromatic rings. The number of thioether (sulfide) groups is 1. The van der Waals surface area contributed by atoms with Gasteiger partial charge in [0.05, 0.1) is 5.75 Å². The summed E-state index contributed by atoms with van der Waals surface area (Å²) in [6.45, 7) is 3.97. The highest BCUT2D eigenvalue weighted by Crippen LogP contribution is 2.20. The Morgan fingerprint density at radius 3 is 2.50 bits per heavy atom. The van der Waals surface area contributed by atoms with Crippen molar-refractivity contribution in [1.29, 1.82) is 0 Å².